The molecule has 0 aromatic rings. The topological polar surface area (TPSA) is 307 Å². The van der Waals surface area contributed by atoms with Crippen molar-refractivity contribution in [1.29, 1.82) is 0 Å². The molecular weight excluding hydrogens is 1110 g/mol. The third-order valence-corrected chi connectivity index (χ3v) is 14.7. The Balaban J connectivity index is 1.45. The monoisotopic (exact) mass is 1210 g/mol. The summed E-state index contributed by atoms with van der Waals surface area (Å²) in [7, 11) is 0. The van der Waals surface area contributed by atoms with E-state index in [0.29, 0.717) is 12.8 Å². The Morgan fingerprint density at radius 1 is 0.430 bits per heavy atom. The van der Waals surface area contributed by atoms with Crippen LogP contribution in [0.1, 0.15) is 149 Å². The van der Waals surface area contributed by atoms with E-state index in [4.69, 9.17) is 28.4 Å². The number of carbonyl (C=O) groups excluding carboxylic acids is 1. The average Bonchev–Trinajstić information content (AvgIpc) is 2.62. The molecule has 17 atom stereocenters. The van der Waals surface area contributed by atoms with E-state index in [1.165, 1.54) is 12.8 Å². The molecule has 0 aromatic carbocycles. The minimum atomic E-state index is -1.99. The molecule has 3 aliphatic heterocycles. The van der Waals surface area contributed by atoms with Gasteiger partial charge in [-0.15, -0.1) is 0 Å². The Hall–Kier alpha value is -4.07. The Morgan fingerprint density at radius 2 is 0.814 bits per heavy atom. The van der Waals surface area contributed by atoms with E-state index in [9.17, 15) is 61.0 Å². The second-order valence-corrected chi connectivity index (χ2v) is 21.8. The molecule has 19 nitrogen and oxygen atoms in total. The van der Waals surface area contributed by atoms with Gasteiger partial charge in [0.05, 0.1) is 38.6 Å². The van der Waals surface area contributed by atoms with Crippen LogP contribution in [0.4, 0.5) is 0 Å². The van der Waals surface area contributed by atoms with Gasteiger partial charge in [-0.25, -0.2) is 0 Å². The van der Waals surface area contributed by atoms with Crippen LogP contribution in [0.3, 0.4) is 0 Å². The molecule has 0 aromatic heterocycles. The molecule has 12 N–H and O–H groups in total. The zero-order valence-electron chi connectivity index (χ0n) is 51.0. The van der Waals surface area contributed by atoms with Crippen LogP contribution in [-0.4, -0.2) is 193 Å². The second-order valence-electron chi connectivity index (χ2n) is 21.8. The molecule has 3 saturated heterocycles. The molecular formula is C67H107NO18. The zero-order chi connectivity index (χ0) is 62.6. The van der Waals surface area contributed by atoms with E-state index in [1.54, 1.807) is 12.2 Å². The van der Waals surface area contributed by atoms with Crippen LogP contribution in [-0.2, 0) is 33.2 Å². The SMILES string of the molecule is CC/C=C\C/C=C\C/C=C\C/C=C\C/C=C\C/C=C\C/C=C\C/C=C\CCCCCCC(=O)NC(COC1OC(CO)C(OC2OC(CO)C(OC3OC(CO)C(O)C(O)C3O)C(O)C2O)C(O)C1O)C(O)/C=C/CC/C=C/CC/C=C/CCCC. The number of ether oxygens (including phenoxy) is 6. The maximum absolute atomic E-state index is 13.3. The molecule has 17 unspecified atom stereocenters. The first kappa shape index (κ1) is 76.2. The highest BCUT2D eigenvalue weighted by Gasteiger charge is 2.53. The van der Waals surface area contributed by atoms with E-state index >= 15 is 0 Å². The maximum Gasteiger partial charge on any atom is 0.220 e. The highest BCUT2D eigenvalue weighted by Crippen LogP contribution is 2.33. The van der Waals surface area contributed by atoms with Crippen molar-refractivity contribution < 1.29 is 89.4 Å². The number of hydrogen-bond acceptors (Lipinski definition) is 18. The van der Waals surface area contributed by atoms with Crippen LogP contribution >= 0.6 is 0 Å². The first-order valence-electron chi connectivity index (χ1n) is 31.4. The number of allylic oxidation sites excluding steroid dienone is 21. The van der Waals surface area contributed by atoms with Crippen molar-refractivity contribution in [2.24, 2.45) is 0 Å². The van der Waals surface area contributed by atoms with Gasteiger partial charge in [-0.3, -0.25) is 4.79 Å². The molecule has 86 heavy (non-hydrogen) atoms. The third-order valence-electron chi connectivity index (χ3n) is 14.7. The van der Waals surface area contributed by atoms with Crippen molar-refractivity contribution in [1.82, 2.24) is 5.32 Å². The summed E-state index contributed by atoms with van der Waals surface area (Å²) in [6.45, 7) is 1.46. The molecule has 0 saturated carbocycles. The molecule has 0 radical (unpaired) electrons. The Morgan fingerprint density at radius 3 is 1.29 bits per heavy atom. The van der Waals surface area contributed by atoms with Crippen molar-refractivity contribution in [2.75, 3.05) is 26.4 Å². The smallest absolute Gasteiger partial charge is 0.220 e. The van der Waals surface area contributed by atoms with Gasteiger partial charge in [0.15, 0.2) is 18.9 Å². The normalized spacial score (nSPS) is 29.7. The summed E-state index contributed by atoms with van der Waals surface area (Å²) in [5, 5.41) is 120. The number of unbranched alkanes of at least 4 members (excludes halogenated alkanes) is 8. The van der Waals surface area contributed by atoms with E-state index in [0.717, 1.165) is 103 Å². The summed E-state index contributed by atoms with van der Waals surface area (Å²) < 4.78 is 34.2. The zero-order valence-corrected chi connectivity index (χ0v) is 51.0. The van der Waals surface area contributed by atoms with Crippen LogP contribution in [0.15, 0.2) is 134 Å². The van der Waals surface area contributed by atoms with Gasteiger partial charge in [-0.05, 0) is 103 Å². The first-order valence-corrected chi connectivity index (χ1v) is 31.4. The largest absolute Gasteiger partial charge is 0.394 e. The molecule has 1 amide bonds. The van der Waals surface area contributed by atoms with Crippen molar-refractivity contribution >= 4 is 5.91 Å². The fraction of sp³-hybridized carbons (Fsp3) is 0.657. The number of aliphatic hydroxyl groups is 11. The fourth-order valence-electron chi connectivity index (χ4n) is 9.52. The van der Waals surface area contributed by atoms with E-state index < -0.39 is 131 Å². The number of carbonyl (C=O) groups is 1. The van der Waals surface area contributed by atoms with Gasteiger partial charge in [-0.2, -0.15) is 0 Å². The van der Waals surface area contributed by atoms with E-state index in [2.05, 4.69) is 141 Å². The molecule has 0 bridgehead atoms. The first-order chi connectivity index (χ1) is 41.8. The van der Waals surface area contributed by atoms with Gasteiger partial charge in [-0.1, -0.05) is 173 Å². The number of amides is 1. The number of aliphatic hydroxyl groups excluding tert-OH is 11. The van der Waals surface area contributed by atoms with Gasteiger partial charge >= 0.3 is 0 Å². The Kier molecular flexibility index (Phi) is 42.4. The maximum atomic E-state index is 13.3. The summed E-state index contributed by atoms with van der Waals surface area (Å²) >= 11 is 0. The van der Waals surface area contributed by atoms with Crippen molar-refractivity contribution in [3.05, 3.63) is 134 Å². The number of hydrogen-bond donors (Lipinski definition) is 12. The molecule has 19 heteroatoms. The minimum absolute atomic E-state index is 0.192. The lowest BCUT2D eigenvalue weighted by molar-refractivity contribution is -0.379. The minimum Gasteiger partial charge on any atom is -0.394 e. The van der Waals surface area contributed by atoms with Gasteiger partial charge in [0.1, 0.15) is 73.2 Å². The molecule has 3 rings (SSSR count). The highest BCUT2D eigenvalue weighted by atomic mass is 16.8. The third kappa shape index (κ3) is 30.4. The van der Waals surface area contributed by atoms with Gasteiger partial charge < -0.3 is 89.9 Å². The lowest BCUT2D eigenvalue weighted by atomic mass is 9.96. The molecule has 0 spiro atoms. The number of rotatable bonds is 44. The Labute approximate surface area is 511 Å². The van der Waals surface area contributed by atoms with Crippen molar-refractivity contribution in [3.63, 3.8) is 0 Å². The quantitative estimate of drug-likeness (QED) is 0.0225. The van der Waals surface area contributed by atoms with Crippen LogP contribution in [0.5, 0.6) is 0 Å². The van der Waals surface area contributed by atoms with Crippen LogP contribution in [0.2, 0.25) is 0 Å². The molecule has 3 aliphatic rings. The van der Waals surface area contributed by atoms with Crippen molar-refractivity contribution in [2.45, 2.75) is 253 Å². The van der Waals surface area contributed by atoms with E-state index in [1.807, 2.05) is 0 Å². The molecule has 3 fully saturated rings. The summed E-state index contributed by atoms with van der Waals surface area (Å²) in [6.07, 6.45) is 38.7. The van der Waals surface area contributed by atoms with Gasteiger partial charge in [0, 0.05) is 6.42 Å². The standard InChI is InChI=1S/C67H107NO18/c1-3-5-7-9-11-13-15-17-18-19-20-21-22-23-24-25-26-27-28-29-30-31-32-33-35-37-39-41-43-45-55(73)68-50(51(72)44-42-40-38-36-34-16-14-12-10-8-6-4-2)49-81-65-61(79)58(76)63(53(47-70)83-65)86-67-62(80)59(77)64(54(48-71)84-67)85-66-60(78)57(75)56(74)52(46-69)82-66/h5,7,10-13,17-18,20-21,23-24,26-27,29-30,32-34,36,42,44,50-54,56-67,69-72,74-80H,3-4,6,8-9,14-16,19,22,25,28,31,35,37-41,43,45-49H2,1-2H3,(H,68,73)/b7-5-,12-10+,13-11-,18-17-,21-20-,24-23-,27-26-,30-29-,33-32-,36-34+,44-42+. The van der Waals surface area contributed by atoms with Gasteiger partial charge in [0.2, 0.25) is 5.91 Å². The molecule has 0 aliphatic carbocycles. The summed E-state index contributed by atoms with van der Waals surface area (Å²) in [4.78, 5) is 13.3. The summed E-state index contributed by atoms with van der Waals surface area (Å²) in [6, 6.07) is -1.02. The second kappa shape index (κ2) is 47.9. The fourth-order valence-corrected chi connectivity index (χ4v) is 9.52. The lowest BCUT2D eigenvalue weighted by Crippen LogP contribution is -2.66. The Bertz CT molecular complexity index is 2080. The average molecular weight is 1210 g/mol. The predicted molar refractivity (Wildman–Crippen MR) is 332 cm³/mol. The summed E-state index contributed by atoms with van der Waals surface area (Å²) in [5.74, 6) is -0.324. The van der Waals surface area contributed by atoms with Crippen molar-refractivity contribution in [3.8, 4) is 0 Å². The lowest BCUT2D eigenvalue weighted by Gasteiger charge is -2.48. The molecule has 3 heterocycles. The van der Waals surface area contributed by atoms with Crippen LogP contribution in [0.25, 0.3) is 0 Å². The van der Waals surface area contributed by atoms with Gasteiger partial charge in [0.25, 0.3) is 0 Å². The predicted octanol–water partition coefficient (Wildman–Crippen LogP) is 6.65. The molecule has 488 valence electrons. The highest BCUT2D eigenvalue weighted by molar-refractivity contribution is 5.76. The number of nitrogens with one attached hydrogen (secondary N) is 1. The van der Waals surface area contributed by atoms with Crippen LogP contribution in [0, 0.1) is 0 Å². The summed E-state index contributed by atoms with van der Waals surface area (Å²) in [5.41, 5.74) is 0. The van der Waals surface area contributed by atoms with E-state index in [-0.39, 0.29) is 12.3 Å². The van der Waals surface area contributed by atoms with Crippen LogP contribution < -0.4 is 5.32 Å².